The number of imidazole rings is 1. The van der Waals surface area contributed by atoms with Crippen molar-refractivity contribution in [3.8, 4) is 17.0 Å². The molecule has 5 rings (SSSR count). The number of hydrogen-bond donors (Lipinski definition) is 2. The zero-order chi connectivity index (χ0) is 22.9. The lowest BCUT2D eigenvalue weighted by Crippen LogP contribution is -2.22. The molecule has 166 valence electrons. The normalized spacial score (nSPS) is 12.8. The first-order valence-corrected chi connectivity index (χ1v) is 10.6. The number of nitrogens with one attached hydrogen (secondary N) is 2. The third-order valence-corrected chi connectivity index (χ3v) is 5.50. The topological polar surface area (TPSA) is 84.7 Å². The molecular weight excluding hydrogens is 423 g/mol. The number of ether oxygens (including phenoxy) is 1. The van der Waals surface area contributed by atoms with Gasteiger partial charge in [0.05, 0.1) is 0 Å². The van der Waals surface area contributed by atoms with Crippen LogP contribution in [0.5, 0.6) is 5.75 Å². The first-order valence-electron chi connectivity index (χ1n) is 10.6. The quantitative estimate of drug-likeness (QED) is 0.479. The molecule has 1 aliphatic rings. The summed E-state index contributed by atoms with van der Waals surface area (Å²) in [6.07, 6.45) is 2.89. The third-order valence-electron chi connectivity index (χ3n) is 5.50. The minimum atomic E-state index is -0.355. The van der Waals surface area contributed by atoms with Crippen molar-refractivity contribution < 1.29 is 18.7 Å². The standard InChI is InChI=1S/C25H21FN4O3/c1-15-10-11-30-21(12-15)28-24(16-2-5-18(26)6-3-16)25(30)29-23(32)14-33-19-7-8-20-17(13-19)4-9-22(31)27-20/h2-3,5-8,10-13H,4,9,14H2,1H3,(H,27,31)(H,29,32). The van der Waals surface area contributed by atoms with Crippen molar-refractivity contribution in [2.45, 2.75) is 19.8 Å². The predicted molar refractivity (Wildman–Crippen MR) is 123 cm³/mol. The number of benzene rings is 2. The van der Waals surface area contributed by atoms with Crippen molar-refractivity contribution in [1.29, 1.82) is 0 Å². The molecule has 2 aromatic heterocycles. The molecular formula is C25H21FN4O3. The van der Waals surface area contributed by atoms with Gasteiger partial charge in [-0.1, -0.05) is 0 Å². The molecule has 4 aromatic rings. The highest BCUT2D eigenvalue weighted by molar-refractivity contribution is 5.96. The maximum Gasteiger partial charge on any atom is 0.263 e. The first-order chi connectivity index (χ1) is 16.0. The van der Waals surface area contributed by atoms with E-state index in [0.29, 0.717) is 41.3 Å². The molecule has 0 aliphatic carbocycles. The fourth-order valence-corrected chi connectivity index (χ4v) is 3.84. The van der Waals surface area contributed by atoms with Crippen LogP contribution in [0.4, 0.5) is 15.9 Å². The summed E-state index contributed by atoms with van der Waals surface area (Å²) in [5.41, 5.74) is 4.67. The van der Waals surface area contributed by atoms with Gasteiger partial charge in [0.2, 0.25) is 5.91 Å². The van der Waals surface area contributed by atoms with Gasteiger partial charge in [-0.05, 0) is 79.1 Å². The number of aromatic nitrogens is 2. The minimum absolute atomic E-state index is 0.00395. The van der Waals surface area contributed by atoms with Gasteiger partial charge in [-0.15, -0.1) is 0 Å². The summed E-state index contributed by atoms with van der Waals surface area (Å²) in [5, 5.41) is 5.71. The second-order valence-corrected chi connectivity index (χ2v) is 7.95. The maximum absolute atomic E-state index is 13.4. The van der Waals surface area contributed by atoms with Crippen molar-refractivity contribution >= 4 is 29.0 Å². The molecule has 2 aromatic carbocycles. The largest absolute Gasteiger partial charge is 0.484 e. The molecule has 0 saturated heterocycles. The molecule has 0 fully saturated rings. The summed E-state index contributed by atoms with van der Waals surface area (Å²) in [6.45, 7) is 1.76. The number of hydrogen-bond acceptors (Lipinski definition) is 4. The van der Waals surface area contributed by atoms with E-state index in [1.165, 1.54) is 12.1 Å². The lowest BCUT2D eigenvalue weighted by molar-refractivity contribution is -0.118. The van der Waals surface area contributed by atoms with Gasteiger partial charge in [0.15, 0.2) is 6.61 Å². The van der Waals surface area contributed by atoms with Gasteiger partial charge in [-0.3, -0.25) is 14.0 Å². The molecule has 2 N–H and O–H groups in total. The molecule has 0 saturated carbocycles. The zero-order valence-electron chi connectivity index (χ0n) is 17.9. The molecule has 33 heavy (non-hydrogen) atoms. The van der Waals surface area contributed by atoms with E-state index in [9.17, 15) is 14.0 Å². The van der Waals surface area contributed by atoms with Gasteiger partial charge in [-0.2, -0.15) is 0 Å². The van der Waals surface area contributed by atoms with Crippen LogP contribution in [0.25, 0.3) is 16.9 Å². The molecule has 0 atom stereocenters. The highest BCUT2D eigenvalue weighted by Gasteiger charge is 2.18. The summed E-state index contributed by atoms with van der Waals surface area (Å²) in [6, 6.07) is 15.1. The van der Waals surface area contributed by atoms with Crippen LogP contribution < -0.4 is 15.4 Å². The van der Waals surface area contributed by atoms with Crippen LogP contribution in [-0.2, 0) is 16.0 Å². The van der Waals surface area contributed by atoms with Crippen molar-refractivity contribution in [2.75, 3.05) is 17.2 Å². The summed E-state index contributed by atoms with van der Waals surface area (Å²) in [5.74, 6) is 0.329. The Hall–Kier alpha value is -4.20. The van der Waals surface area contributed by atoms with E-state index in [1.807, 2.05) is 31.3 Å². The van der Waals surface area contributed by atoms with Crippen LogP contribution >= 0.6 is 0 Å². The van der Waals surface area contributed by atoms with Crippen LogP contribution in [0.1, 0.15) is 17.5 Å². The fraction of sp³-hybridized carbons (Fsp3) is 0.160. The minimum Gasteiger partial charge on any atom is -0.484 e. The van der Waals surface area contributed by atoms with E-state index in [0.717, 1.165) is 16.8 Å². The van der Waals surface area contributed by atoms with Gasteiger partial charge < -0.3 is 15.4 Å². The Morgan fingerprint density at radius 2 is 1.97 bits per heavy atom. The molecule has 0 unspecified atom stereocenters. The fourth-order valence-electron chi connectivity index (χ4n) is 3.84. The van der Waals surface area contributed by atoms with Gasteiger partial charge in [0, 0.05) is 23.9 Å². The number of carbonyl (C=O) groups is 2. The molecule has 0 bridgehead atoms. The lowest BCUT2D eigenvalue weighted by atomic mass is 10.0. The number of nitrogens with zero attached hydrogens (tertiary/aromatic N) is 2. The number of aryl methyl sites for hydroxylation is 2. The number of rotatable bonds is 5. The Labute approximate surface area is 189 Å². The van der Waals surface area contributed by atoms with E-state index in [2.05, 4.69) is 15.6 Å². The Balaban J connectivity index is 1.37. The maximum atomic E-state index is 13.4. The number of fused-ring (bicyclic) bond motifs is 2. The van der Waals surface area contributed by atoms with E-state index in [-0.39, 0.29) is 24.2 Å². The highest BCUT2D eigenvalue weighted by atomic mass is 19.1. The summed E-state index contributed by atoms with van der Waals surface area (Å²) in [4.78, 5) is 28.9. The van der Waals surface area contributed by atoms with E-state index in [1.54, 1.807) is 28.7 Å². The number of carbonyl (C=O) groups excluding carboxylic acids is 2. The molecule has 1 aliphatic heterocycles. The number of pyridine rings is 1. The number of halogens is 1. The molecule has 7 nitrogen and oxygen atoms in total. The van der Waals surface area contributed by atoms with Crippen molar-refractivity contribution in [3.05, 3.63) is 77.7 Å². The average Bonchev–Trinajstić information content (AvgIpc) is 3.15. The van der Waals surface area contributed by atoms with Gasteiger partial charge in [0.1, 0.15) is 28.7 Å². The summed E-state index contributed by atoms with van der Waals surface area (Å²) in [7, 11) is 0. The van der Waals surface area contributed by atoms with Crippen LogP contribution in [0.2, 0.25) is 0 Å². The number of anilines is 2. The smallest absolute Gasteiger partial charge is 0.263 e. The Bertz CT molecular complexity index is 1380. The molecule has 0 spiro atoms. The third kappa shape index (κ3) is 4.27. The Morgan fingerprint density at radius 3 is 2.79 bits per heavy atom. The van der Waals surface area contributed by atoms with Crippen LogP contribution in [-0.4, -0.2) is 27.8 Å². The average molecular weight is 444 g/mol. The second kappa shape index (κ2) is 8.38. The van der Waals surface area contributed by atoms with Gasteiger partial charge in [0.25, 0.3) is 5.91 Å². The van der Waals surface area contributed by atoms with Gasteiger partial charge >= 0.3 is 0 Å². The van der Waals surface area contributed by atoms with Gasteiger partial charge in [-0.25, -0.2) is 9.37 Å². The Morgan fingerprint density at radius 1 is 1.15 bits per heavy atom. The predicted octanol–water partition coefficient (Wildman–Crippen LogP) is 4.35. The lowest BCUT2D eigenvalue weighted by Gasteiger charge is -2.17. The van der Waals surface area contributed by atoms with E-state index >= 15 is 0 Å². The SMILES string of the molecule is Cc1ccn2c(NC(=O)COc3ccc4c(c3)CCC(=O)N4)c(-c3ccc(F)cc3)nc2c1. The first kappa shape index (κ1) is 20.7. The molecule has 2 amide bonds. The van der Waals surface area contributed by atoms with Crippen LogP contribution in [0, 0.1) is 12.7 Å². The molecule has 8 heteroatoms. The summed E-state index contributed by atoms with van der Waals surface area (Å²) < 4.78 is 20.9. The van der Waals surface area contributed by atoms with Crippen molar-refractivity contribution in [2.24, 2.45) is 0 Å². The van der Waals surface area contributed by atoms with Crippen molar-refractivity contribution in [3.63, 3.8) is 0 Å². The number of amides is 2. The molecule has 3 heterocycles. The molecule has 0 radical (unpaired) electrons. The second-order valence-electron chi connectivity index (χ2n) is 7.95. The monoisotopic (exact) mass is 444 g/mol. The Kier molecular flexibility index (Phi) is 5.26. The highest BCUT2D eigenvalue weighted by Crippen LogP contribution is 2.30. The van der Waals surface area contributed by atoms with E-state index in [4.69, 9.17) is 4.74 Å². The van der Waals surface area contributed by atoms with E-state index < -0.39 is 0 Å². The van der Waals surface area contributed by atoms with Crippen molar-refractivity contribution in [1.82, 2.24) is 9.38 Å². The van der Waals surface area contributed by atoms with Crippen LogP contribution in [0.15, 0.2) is 60.8 Å². The van der Waals surface area contributed by atoms with Crippen LogP contribution in [0.3, 0.4) is 0 Å². The summed E-state index contributed by atoms with van der Waals surface area (Å²) >= 11 is 0. The zero-order valence-corrected chi connectivity index (χ0v) is 17.9.